The second-order valence-corrected chi connectivity index (χ2v) is 4.86. The Morgan fingerprint density at radius 3 is 2.20 bits per heavy atom. The Kier molecular flexibility index (Phi) is 2.81. The van der Waals surface area contributed by atoms with Gasteiger partial charge in [-0.2, -0.15) is 0 Å². The van der Waals surface area contributed by atoms with Crippen LogP contribution < -0.4 is 5.32 Å². The van der Waals surface area contributed by atoms with Crippen molar-refractivity contribution < 1.29 is 5.11 Å². The van der Waals surface area contributed by atoms with Crippen LogP contribution in [0.3, 0.4) is 0 Å². The van der Waals surface area contributed by atoms with Crippen molar-refractivity contribution in [2.24, 2.45) is 0 Å². The fourth-order valence-electron chi connectivity index (χ4n) is 2.57. The molecule has 1 aliphatic rings. The van der Waals surface area contributed by atoms with Crippen LogP contribution in [-0.2, 0) is 12.8 Å². The monoisotopic (exact) mass is 205 g/mol. The molecule has 2 rings (SSSR count). The molecule has 82 valence electrons. The second kappa shape index (κ2) is 3.95. The molecule has 0 atom stereocenters. The molecule has 1 aliphatic carbocycles. The highest BCUT2D eigenvalue weighted by Gasteiger charge is 2.36. The summed E-state index contributed by atoms with van der Waals surface area (Å²) < 4.78 is 0. The van der Waals surface area contributed by atoms with Gasteiger partial charge in [0.15, 0.2) is 0 Å². The summed E-state index contributed by atoms with van der Waals surface area (Å²) in [5.41, 5.74) is 2.62. The first-order valence-electron chi connectivity index (χ1n) is 5.60. The van der Waals surface area contributed by atoms with Crippen LogP contribution in [0, 0.1) is 0 Å². The highest BCUT2D eigenvalue weighted by atomic mass is 16.3. The fourth-order valence-corrected chi connectivity index (χ4v) is 2.57. The van der Waals surface area contributed by atoms with Gasteiger partial charge in [-0.1, -0.05) is 38.1 Å². The maximum Gasteiger partial charge on any atom is 0.0619 e. The van der Waals surface area contributed by atoms with Gasteiger partial charge in [-0.3, -0.25) is 0 Å². The Morgan fingerprint density at radius 1 is 1.27 bits per heavy atom. The number of hydrogen-bond donors (Lipinski definition) is 2. The van der Waals surface area contributed by atoms with Crippen molar-refractivity contribution in [2.75, 3.05) is 6.61 Å². The summed E-state index contributed by atoms with van der Waals surface area (Å²) in [5, 5.41) is 13.1. The van der Waals surface area contributed by atoms with E-state index in [4.69, 9.17) is 0 Å². The molecule has 1 aromatic carbocycles. The van der Waals surface area contributed by atoms with E-state index in [1.807, 2.05) is 0 Å². The van der Waals surface area contributed by atoms with Gasteiger partial charge in [-0.15, -0.1) is 0 Å². The normalized spacial score (nSPS) is 18.1. The predicted molar refractivity (Wildman–Crippen MR) is 61.9 cm³/mol. The SMILES string of the molecule is CC(C)NC1(CO)Cc2ccccc2C1. The fraction of sp³-hybridized carbons (Fsp3) is 0.538. The van der Waals surface area contributed by atoms with Gasteiger partial charge in [-0.05, 0) is 24.0 Å². The molecule has 0 saturated heterocycles. The van der Waals surface area contributed by atoms with E-state index in [1.165, 1.54) is 11.1 Å². The van der Waals surface area contributed by atoms with Crippen molar-refractivity contribution in [3.63, 3.8) is 0 Å². The number of benzene rings is 1. The standard InChI is InChI=1S/C13H19NO/c1-10(2)14-13(9-15)7-11-5-3-4-6-12(11)8-13/h3-6,10,14-15H,7-9H2,1-2H3. The highest BCUT2D eigenvalue weighted by molar-refractivity contribution is 5.36. The van der Waals surface area contributed by atoms with Crippen LogP contribution in [0.2, 0.25) is 0 Å². The predicted octanol–water partition coefficient (Wildman–Crippen LogP) is 1.51. The van der Waals surface area contributed by atoms with Crippen molar-refractivity contribution in [1.29, 1.82) is 0 Å². The molecule has 2 nitrogen and oxygen atoms in total. The van der Waals surface area contributed by atoms with Crippen LogP contribution >= 0.6 is 0 Å². The average molecular weight is 205 g/mol. The Labute approximate surface area is 91.3 Å². The molecule has 2 N–H and O–H groups in total. The zero-order valence-corrected chi connectivity index (χ0v) is 9.46. The molecule has 0 radical (unpaired) electrons. The minimum absolute atomic E-state index is 0.127. The lowest BCUT2D eigenvalue weighted by Gasteiger charge is -2.30. The summed E-state index contributed by atoms with van der Waals surface area (Å²) in [5.74, 6) is 0. The first-order chi connectivity index (χ1) is 7.15. The van der Waals surface area contributed by atoms with Gasteiger partial charge in [-0.25, -0.2) is 0 Å². The first-order valence-corrected chi connectivity index (χ1v) is 5.60. The molecule has 2 heteroatoms. The van der Waals surface area contributed by atoms with E-state index in [1.54, 1.807) is 0 Å². The zero-order chi connectivity index (χ0) is 10.9. The molecule has 0 aromatic heterocycles. The van der Waals surface area contributed by atoms with Gasteiger partial charge in [0.25, 0.3) is 0 Å². The smallest absolute Gasteiger partial charge is 0.0619 e. The van der Waals surface area contributed by atoms with Gasteiger partial charge in [0.05, 0.1) is 6.61 Å². The Morgan fingerprint density at radius 2 is 1.80 bits per heavy atom. The van der Waals surface area contributed by atoms with Crippen molar-refractivity contribution in [2.45, 2.75) is 38.3 Å². The number of hydrogen-bond acceptors (Lipinski definition) is 2. The molecule has 0 unspecified atom stereocenters. The molecular formula is C13H19NO. The topological polar surface area (TPSA) is 32.3 Å². The third-order valence-corrected chi connectivity index (χ3v) is 3.07. The van der Waals surface area contributed by atoms with E-state index < -0.39 is 0 Å². The summed E-state index contributed by atoms with van der Waals surface area (Å²) in [6.45, 7) is 4.46. The molecule has 0 fully saturated rings. The molecular weight excluding hydrogens is 186 g/mol. The number of aliphatic hydroxyl groups is 1. The lowest BCUT2D eigenvalue weighted by molar-refractivity contribution is 0.158. The van der Waals surface area contributed by atoms with Gasteiger partial charge in [0.2, 0.25) is 0 Å². The van der Waals surface area contributed by atoms with Gasteiger partial charge < -0.3 is 10.4 Å². The van der Waals surface area contributed by atoms with Crippen LogP contribution in [0.4, 0.5) is 0 Å². The average Bonchev–Trinajstić information content (AvgIpc) is 2.55. The van der Waals surface area contributed by atoms with Crippen molar-refractivity contribution in [3.8, 4) is 0 Å². The molecule has 1 aromatic rings. The number of nitrogens with one attached hydrogen (secondary N) is 1. The van der Waals surface area contributed by atoms with E-state index in [0.717, 1.165) is 12.8 Å². The lowest BCUT2D eigenvalue weighted by atomic mass is 9.96. The van der Waals surface area contributed by atoms with Gasteiger partial charge in [0, 0.05) is 11.6 Å². The van der Waals surface area contributed by atoms with Crippen molar-refractivity contribution in [3.05, 3.63) is 35.4 Å². The summed E-state index contributed by atoms with van der Waals surface area (Å²) in [6.07, 6.45) is 1.88. The minimum atomic E-state index is -0.127. The summed E-state index contributed by atoms with van der Waals surface area (Å²) >= 11 is 0. The molecule has 0 amide bonds. The number of rotatable bonds is 3. The van der Waals surface area contributed by atoms with E-state index in [2.05, 4.69) is 43.4 Å². The summed E-state index contributed by atoms with van der Waals surface area (Å²) in [6, 6.07) is 8.87. The largest absolute Gasteiger partial charge is 0.394 e. The Bertz CT molecular complexity index is 321. The molecule has 0 saturated carbocycles. The van der Waals surface area contributed by atoms with E-state index in [9.17, 15) is 5.11 Å². The highest BCUT2D eigenvalue weighted by Crippen LogP contribution is 2.29. The molecule has 0 spiro atoms. The van der Waals surface area contributed by atoms with Crippen LogP contribution in [0.5, 0.6) is 0 Å². The van der Waals surface area contributed by atoms with Gasteiger partial charge in [0.1, 0.15) is 0 Å². The van der Waals surface area contributed by atoms with E-state index in [0.29, 0.717) is 6.04 Å². The third kappa shape index (κ3) is 2.06. The van der Waals surface area contributed by atoms with Crippen LogP contribution in [0.15, 0.2) is 24.3 Å². The first kappa shape index (κ1) is 10.7. The second-order valence-electron chi connectivity index (χ2n) is 4.86. The molecule has 15 heavy (non-hydrogen) atoms. The maximum absolute atomic E-state index is 9.58. The maximum atomic E-state index is 9.58. The van der Waals surface area contributed by atoms with Crippen LogP contribution in [-0.4, -0.2) is 23.3 Å². The van der Waals surface area contributed by atoms with E-state index >= 15 is 0 Å². The Balaban J connectivity index is 2.21. The quantitative estimate of drug-likeness (QED) is 0.784. The number of fused-ring (bicyclic) bond motifs is 1. The Hall–Kier alpha value is -0.860. The summed E-state index contributed by atoms with van der Waals surface area (Å²) in [4.78, 5) is 0. The lowest BCUT2D eigenvalue weighted by Crippen LogP contribution is -2.52. The molecule has 0 bridgehead atoms. The summed E-state index contributed by atoms with van der Waals surface area (Å²) in [7, 11) is 0. The van der Waals surface area contributed by atoms with Crippen LogP contribution in [0.25, 0.3) is 0 Å². The number of aliphatic hydroxyl groups excluding tert-OH is 1. The minimum Gasteiger partial charge on any atom is -0.394 e. The van der Waals surface area contributed by atoms with Gasteiger partial charge >= 0.3 is 0 Å². The van der Waals surface area contributed by atoms with Crippen LogP contribution in [0.1, 0.15) is 25.0 Å². The zero-order valence-electron chi connectivity index (χ0n) is 9.46. The molecule has 0 aliphatic heterocycles. The van der Waals surface area contributed by atoms with Crippen molar-refractivity contribution >= 4 is 0 Å². The van der Waals surface area contributed by atoms with E-state index in [-0.39, 0.29) is 12.1 Å². The van der Waals surface area contributed by atoms with Crippen molar-refractivity contribution in [1.82, 2.24) is 5.32 Å². The third-order valence-electron chi connectivity index (χ3n) is 3.07. The molecule has 0 heterocycles.